The number of hydrogen-bond donors (Lipinski definition) is 1. The fourth-order valence-electron chi connectivity index (χ4n) is 3.52. The average Bonchev–Trinajstić information content (AvgIpc) is 2.80. The number of pyridine rings is 1. The fourth-order valence-corrected chi connectivity index (χ4v) is 4.75. The van der Waals surface area contributed by atoms with Crippen molar-refractivity contribution in [3.63, 3.8) is 0 Å². The highest BCUT2D eigenvalue weighted by molar-refractivity contribution is 7.99. The molecule has 2 heterocycles. The summed E-state index contributed by atoms with van der Waals surface area (Å²) in [5.41, 5.74) is 3.16. The van der Waals surface area contributed by atoms with Crippen molar-refractivity contribution in [3.05, 3.63) is 100 Å². The molecule has 4 rings (SSSR count). The summed E-state index contributed by atoms with van der Waals surface area (Å²) in [5, 5.41) is 10.7. The number of aromatic hydroxyl groups is 1. The third-order valence-corrected chi connectivity index (χ3v) is 6.45. The van der Waals surface area contributed by atoms with Crippen molar-refractivity contribution in [2.45, 2.75) is 49.5 Å². The van der Waals surface area contributed by atoms with Crippen molar-refractivity contribution in [1.82, 2.24) is 4.98 Å². The van der Waals surface area contributed by atoms with Gasteiger partial charge in [-0.3, -0.25) is 4.98 Å². The number of ether oxygens (including phenoxy) is 1. The van der Waals surface area contributed by atoms with E-state index in [0.29, 0.717) is 23.7 Å². The second-order valence-corrected chi connectivity index (χ2v) is 10.2. The molecule has 34 heavy (non-hydrogen) atoms. The Hall–Kier alpha value is -3.51. The number of hydrogen-bond acceptors (Lipinski definition) is 6. The molecule has 0 aliphatic heterocycles. The molecule has 0 saturated heterocycles. The number of benzene rings is 2. The second kappa shape index (κ2) is 9.77. The molecule has 5 nitrogen and oxygen atoms in total. The average molecular weight is 474 g/mol. The van der Waals surface area contributed by atoms with E-state index in [-0.39, 0.29) is 16.1 Å². The molecule has 0 atom stereocenters. The zero-order valence-electron chi connectivity index (χ0n) is 19.7. The number of aryl methyl sites for hydroxylation is 1. The van der Waals surface area contributed by atoms with Crippen molar-refractivity contribution in [2.24, 2.45) is 0 Å². The minimum absolute atomic E-state index is 0.102. The summed E-state index contributed by atoms with van der Waals surface area (Å²) in [6.07, 6.45) is 3.47. The maximum absolute atomic E-state index is 12.8. The van der Waals surface area contributed by atoms with Gasteiger partial charge in [0, 0.05) is 34.5 Å². The van der Waals surface area contributed by atoms with E-state index in [2.05, 4.69) is 37.9 Å². The minimum Gasteiger partial charge on any atom is -0.506 e. The summed E-state index contributed by atoms with van der Waals surface area (Å²) < 4.78 is 11.4. The van der Waals surface area contributed by atoms with Gasteiger partial charge in [0.1, 0.15) is 28.8 Å². The first-order valence-corrected chi connectivity index (χ1v) is 11.8. The first-order valence-electron chi connectivity index (χ1n) is 11.0. The summed E-state index contributed by atoms with van der Waals surface area (Å²) in [6.45, 7) is 8.78. The zero-order chi connectivity index (χ0) is 24.3. The van der Waals surface area contributed by atoms with Gasteiger partial charge in [-0.15, -0.1) is 0 Å². The maximum atomic E-state index is 12.8. The van der Waals surface area contributed by atoms with Crippen LogP contribution >= 0.6 is 11.8 Å². The van der Waals surface area contributed by atoms with E-state index < -0.39 is 5.63 Å². The summed E-state index contributed by atoms with van der Waals surface area (Å²) in [4.78, 5) is 18.0. The molecule has 0 aliphatic carbocycles. The number of aromatic nitrogens is 1. The van der Waals surface area contributed by atoms with Gasteiger partial charge < -0.3 is 14.3 Å². The Kier molecular flexibility index (Phi) is 6.80. The first kappa shape index (κ1) is 23.6. The molecule has 0 fully saturated rings. The topological polar surface area (TPSA) is 72.6 Å². The van der Waals surface area contributed by atoms with Crippen LogP contribution in [0.2, 0.25) is 0 Å². The second-order valence-electron chi connectivity index (χ2n) is 9.14. The summed E-state index contributed by atoms with van der Waals surface area (Å²) in [7, 11) is 0. The van der Waals surface area contributed by atoms with Gasteiger partial charge in [0.05, 0.1) is 0 Å². The Morgan fingerprint density at radius 2 is 1.82 bits per heavy atom. The molecular formula is C28H27NO4S. The first-order chi connectivity index (χ1) is 16.2. The summed E-state index contributed by atoms with van der Waals surface area (Å²) >= 11 is 1.24. The van der Waals surface area contributed by atoms with Crippen LogP contribution in [0.3, 0.4) is 0 Å². The van der Waals surface area contributed by atoms with E-state index in [0.717, 1.165) is 21.6 Å². The van der Waals surface area contributed by atoms with Crippen LogP contribution in [0.1, 0.15) is 37.5 Å². The molecule has 0 saturated carbocycles. The molecule has 6 heteroatoms. The lowest BCUT2D eigenvalue weighted by Crippen LogP contribution is -2.13. The third-order valence-electron chi connectivity index (χ3n) is 5.31. The minimum atomic E-state index is -0.571. The Morgan fingerprint density at radius 3 is 2.47 bits per heavy atom. The largest absolute Gasteiger partial charge is 0.506 e. The van der Waals surface area contributed by atoms with Gasteiger partial charge in [-0.25, -0.2) is 4.79 Å². The molecule has 0 radical (unpaired) electrons. The highest BCUT2D eigenvalue weighted by Gasteiger charge is 2.21. The predicted octanol–water partition coefficient (Wildman–Crippen LogP) is 6.74. The van der Waals surface area contributed by atoms with Gasteiger partial charge in [0.2, 0.25) is 0 Å². The molecule has 174 valence electrons. The van der Waals surface area contributed by atoms with Crippen LogP contribution in [0.5, 0.6) is 11.5 Å². The van der Waals surface area contributed by atoms with E-state index in [9.17, 15) is 9.90 Å². The van der Waals surface area contributed by atoms with E-state index in [4.69, 9.17) is 9.15 Å². The van der Waals surface area contributed by atoms with Crippen molar-refractivity contribution < 1.29 is 14.3 Å². The Labute approximate surface area is 203 Å². The molecule has 4 aromatic rings. The van der Waals surface area contributed by atoms with Crippen LogP contribution in [0.25, 0.3) is 11.3 Å². The van der Waals surface area contributed by atoms with Crippen molar-refractivity contribution in [3.8, 4) is 22.8 Å². The van der Waals surface area contributed by atoms with Gasteiger partial charge in [0.15, 0.2) is 0 Å². The predicted molar refractivity (Wildman–Crippen MR) is 135 cm³/mol. The highest BCUT2D eigenvalue weighted by Crippen LogP contribution is 2.40. The highest BCUT2D eigenvalue weighted by atomic mass is 32.2. The van der Waals surface area contributed by atoms with Crippen LogP contribution in [0.4, 0.5) is 0 Å². The molecule has 2 aromatic carbocycles. The van der Waals surface area contributed by atoms with Gasteiger partial charge in [-0.1, -0.05) is 50.7 Å². The monoisotopic (exact) mass is 473 g/mol. The van der Waals surface area contributed by atoms with E-state index in [1.165, 1.54) is 17.8 Å². The van der Waals surface area contributed by atoms with Gasteiger partial charge in [-0.05, 0) is 59.9 Å². The van der Waals surface area contributed by atoms with Crippen LogP contribution in [-0.2, 0) is 12.0 Å². The number of nitrogens with zero attached hydrogens (tertiary/aromatic N) is 1. The molecule has 2 aromatic heterocycles. The molecular weight excluding hydrogens is 446 g/mol. The molecule has 0 spiro atoms. The lowest BCUT2D eigenvalue weighted by atomic mass is 9.86. The molecule has 0 amide bonds. The van der Waals surface area contributed by atoms with Gasteiger partial charge in [0.25, 0.3) is 0 Å². The lowest BCUT2D eigenvalue weighted by Gasteiger charge is -2.23. The standard InChI is InChI=1S/C28H27NO4S/c1-18-7-12-22(28(2,3)4)25(14-18)34-26-23(30)15-24(33-27(26)31)20-8-10-21(11-9-20)32-17-19-6-5-13-29-16-19/h5-16,30H,17H2,1-4H3. The van der Waals surface area contributed by atoms with E-state index >= 15 is 0 Å². The lowest BCUT2D eigenvalue weighted by molar-refractivity contribution is 0.306. The van der Waals surface area contributed by atoms with Crippen LogP contribution < -0.4 is 10.4 Å². The molecule has 0 bridgehead atoms. The summed E-state index contributed by atoms with van der Waals surface area (Å²) in [6, 6.07) is 18.6. The molecule has 0 aliphatic rings. The molecule has 1 N–H and O–H groups in total. The normalized spacial score (nSPS) is 11.4. The quantitative estimate of drug-likeness (QED) is 0.334. The molecule has 0 unspecified atom stereocenters. The third kappa shape index (κ3) is 5.51. The number of rotatable bonds is 6. The SMILES string of the molecule is Cc1ccc(C(C)(C)C)c(Sc2c(O)cc(-c3ccc(OCc4cccnc4)cc3)oc2=O)c1. The van der Waals surface area contributed by atoms with Gasteiger partial charge in [-0.2, -0.15) is 0 Å². The Morgan fingerprint density at radius 1 is 1.06 bits per heavy atom. The Bertz CT molecular complexity index is 1340. The summed E-state index contributed by atoms with van der Waals surface area (Å²) in [5.74, 6) is 0.876. The van der Waals surface area contributed by atoms with E-state index in [1.54, 1.807) is 36.7 Å². The van der Waals surface area contributed by atoms with Crippen molar-refractivity contribution in [1.29, 1.82) is 0 Å². The van der Waals surface area contributed by atoms with Crippen LogP contribution in [0, 0.1) is 6.92 Å². The fraction of sp³-hybridized carbons (Fsp3) is 0.214. The van der Waals surface area contributed by atoms with Crippen molar-refractivity contribution >= 4 is 11.8 Å². The van der Waals surface area contributed by atoms with Crippen LogP contribution in [0.15, 0.2) is 92.1 Å². The Balaban J connectivity index is 1.55. The van der Waals surface area contributed by atoms with Gasteiger partial charge >= 0.3 is 5.63 Å². The van der Waals surface area contributed by atoms with Crippen LogP contribution in [-0.4, -0.2) is 10.1 Å². The smallest absolute Gasteiger partial charge is 0.354 e. The van der Waals surface area contributed by atoms with Crippen molar-refractivity contribution in [2.75, 3.05) is 0 Å². The maximum Gasteiger partial charge on any atom is 0.354 e. The zero-order valence-corrected chi connectivity index (χ0v) is 20.5. The van der Waals surface area contributed by atoms with E-state index in [1.807, 2.05) is 25.1 Å².